The van der Waals surface area contributed by atoms with Crippen molar-refractivity contribution in [2.24, 2.45) is 5.73 Å². The summed E-state index contributed by atoms with van der Waals surface area (Å²) < 4.78 is 5.55. The molecule has 0 amide bonds. The highest BCUT2D eigenvalue weighted by molar-refractivity contribution is 5.49. The fraction of sp³-hybridized carbons (Fsp3) is 0.600. The summed E-state index contributed by atoms with van der Waals surface area (Å²) in [6.07, 6.45) is 0. The van der Waals surface area contributed by atoms with Gasteiger partial charge < -0.3 is 15.8 Å². The molecule has 1 aromatic carbocycles. The summed E-state index contributed by atoms with van der Waals surface area (Å²) in [5, 5.41) is 3.40. The Hall–Kier alpha value is -1.06. The van der Waals surface area contributed by atoms with E-state index < -0.39 is 0 Å². The van der Waals surface area contributed by atoms with Crippen LogP contribution in [-0.2, 0) is 6.54 Å². The number of hydrogen-bond acceptors (Lipinski definition) is 3. The Balaban J connectivity index is 2.91. The van der Waals surface area contributed by atoms with Crippen molar-refractivity contribution in [1.29, 1.82) is 0 Å². The lowest BCUT2D eigenvalue weighted by atomic mass is 9.98. The highest BCUT2D eigenvalue weighted by atomic mass is 16.5. The fourth-order valence-electron chi connectivity index (χ4n) is 2.11. The molecule has 0 aliphatic heterocycles. The second-order valence-corrected chi connectivity index (χ2v) is 5.74. The molecule has 0 unspecified atom stereocenters. The quantitative estimate of drug-likeness (QED) is 0.844. The summed E-state index contributed by atoms with van der Waals surface area (Å²) in [5.74, 6) is 0.995. The van der Waals surface area contributed by atoms with Gasteiger partial charge in [-0.2, -0.15) is 0 Å². The van der Waals surface area contributed by atoms with E-state index in [-0.39, 0.29) is 5.54 Å². The van der Waals surface area contributed by atoms with E-state index in [0.29, 0.717) is 0 Å². The van der Waals surface area contributed by atoms with E-state index in [2.05, 4.69) is 32.2 Å². The first-order chi connectivity index (χ1) is 8.26. The number of methoxy groups -OCH3 is 1. The maximum Gasteiger partial charge on any atom is 0.126 e. The Labute approximate surface area is 111 Å². The zero-order valence-corrected chi connectivity index (χ0v) is 12.5. The summed E-state index contributed by atoms with van der Waals surface area (Å²) in [6, 6.07) is 2.21. The molecule has 0 aromatic heterocycles. The molecule has 0 radical (unpaired) electrons. The number of ether oxygens (including phenoxy) is 1. The molecular formula is C15H26N2O. The third-order valence-corrected chi connectivity index (χ3v) is 3.20. The maximum atomic E-state index is 5.97. The Bertz CT molecular complexity index is 419. The molecule has 0 spiro atoms. The van der Waals surface area contributed by atoms with Crippen molar-refractivity contribution in [2.45, 2.75) is 46.7 Å². The van der Waals surface area contributed by atoms with Crippen LogP contribution >= 0.6 is 0 Å². The molecule has 1 rings (SSSR count). The predicted octanol–water partition coefficient (Wildman–Crippen LogP) is 2.45. The lowest BCUT2D eigenvalue weighted by Crippen LogP contribution is -2.42. The number of rotatable bonds is 5. The molecule has 102 valence electrons. The molecule has 1 aromatic rings. The van der Waals surface area contributed by atoms with E-state index >= 15 is 0 Å². The second kappa shape index (κ2) is 5.72. The summed E-state index contributed by atoms with van der Waals surface area (Å²) in [5.41, 5.74) is 10.7. The monoisotopic (exact) mass is 250 g/mol. The van der Waals surface area contributed by atoms with Crippen molar-refractivity contribution in [3.05, 3.63) is 28.3 Å². The van der Waals surface area contributed by atoms with Crippen molar-refractivity contribution < 1.29 is 4.74 Å². The Morgan fingerprint density at radius 1 is 1.22 bits per heavy atom. The molecule has 0 aliphatic rings. The minimum Gasteiger partial charge on any atom is -0.496 e. The van der Waals surface area contributed by atoms with Gasteiger partial charge in [-0.25, -0.2) is 0 Å². The van der Waals surface area contributed by atoms with Crippen LogP contribution in [0, 0.1) is 20.8 Å². The van der Waals surface area contributed by atoms with Crippen LogP contribution in [0.3, 0.4) is 0 Å². The first kappa shape index (κ1) is 15.0. The SMILES string of the molecule is COc1c(C)c(C)cc(C)c1CNCC(C)(C)N. The van der Waals surface area contributed by atoms with Crippen LogP contribution in [0.15, 0.2) is 6.07 Å². The highest BCUT2D eigenvalue weighted by Crippen LogP contribution is 2.29. The van der Waals surface area contributed by atoms with Crippen LogP contribution in [0.4, 0.5) is 0 Å². The Morgan fingerprint density at radius 3 is 2.33 bits per heavy atom. The number of nitrogens with one attached hydrogen (secondary N) is 1. The van der Waals surface area contributed by atoms with Crippen molar-refractivity contribution in [3.63, 3.8) is 0 Å². The topological polar surface area (TPSA) is 47.3 Å². The highest BCUT2D eigenvalue weighted by Gasteiger charge is 2.14. The minimum absolute atomic E-state index is 0.194. The van der Waals surface area contributed by atoms with Crippen LogP contribution < -0.4 is 15.8 Å². The first-order valence-corrected chi connectivity index (χ1v) is 6.39. The maximum absolute atomic E-state index is 5.97. The van der Waals surface area contributed by atoms with Gasteiger partial charge in [-0.05, 0) is 51.3 Å². The van der Waals surface area contributed by atoms with Gasteiger partial charge in [0.05, 0.1) is 7.11 Å². The van der Waals surface area contributed by atoms with Gasteiger partial charge in [0.25, 0.3) is 0 Å². The third-order valence-electron chi connectivity index (χ3n) is 3.20. The van der Waals surface area contributed by atoms with E-state index in [1.807, 2.05) is 13.8 Å². The zero-order chi connectivity index (χ0) is 13.9. The summed E-state index contributed by atoms with van der Waals surface area (Å²) in [6.45, 7) is 11.9. The van der Waals surface area contributed by atoms with Gasteiger partial charge >= 0.3 is 0 Å². The minimum atomic E-state index is -0.194. The second-order valence-electron chi connectivity index (χ2n) is 5.74. The van der Waals surface area contributed by atoms with E-state index in [0.717, 1.165) is 18.8 Å². The molecule has 0 aliphatic carbocycles. The predicted molar refractivity (Wildman–Crippen MR) is 77.2 cm³/mol. The molecular weight excluding hydrogens is 224 g/mol. The van der Waals surface area contributed by atoms with Crippen molar-refractivity contribution in [3.8, 4) is 5.75 Å². The summed E-state index contributed by atoms with van der Waals surface area (Å²) in [4.78, 5) is 0. The Morgan fingerprint density at radius 2 is 1.83 bits per heavy atom. The first-order valence-electron chi connectivity index (χ1n) is 6.39. The number of aryl methyl sites for hydroxylation is 2. The largest absolute Gasteiger partial charge is 0.496 e. The molecule has 3 heteroatoms. The zero-order valence-electron chi connectivity index (χ0n) is 12.5. The van der Waals surface area contributed by atoms with E-state index in [9.17, 15) is 0 Å². The fourth-order valence-corrected chi connectivity index (χ4v) is 2.11. The van der Waals surface area contributed by atoms with Crippen molar-refractivity contribution in [1.82, 2.24) is 5.32 Å². The molecule has 0 heterocycles. The lowest BCUT2D eigenvalue weighted by Gasteiger charge is -2.21. The third kappa shape index (κ3) is 3.72. The molecule has 0 saturated heterocycles. The van der Waals surface area contributed by atoms with Gasteiger partial charge in [0.2, 0.25) is 0 Å². The summed E-state index contributed by atoms with van der Waals surface area (Å²) in [7, 11) is 1.73. The molecule has 0 saturated carbocycles. The van der Waals surface area contributed by atoms with E-state index in [1.165, 1.54) is 22.3 Å². The molecule has 3 nitrogen and oxygen atoms in total. The molecule has 0 fully saturated rings. The van der Waals surface area contributed by atoms with Gasteiger partial charge in [-0.1, -0.05) is 6.07 Å². The van der Waals surface area contributed by atoms with Crippen LogP contribution in [-0.4, -0.2) is 19.2 Å². The molecule has 0 atom stereocenters. The smallest absolute Gasteiger partial charge is 0.126 e. The van der Waals surface area contributed by atoms with Crippen LogP contribution in [0.25, 0.3) is 0 Å². The normalized spacial score (nSPS) is 11.7. The van der Waals surface area contributed by atoms with Crippen LogP contribution in [0.5, 0.6) is 5.75 Å². The average molecular weight is 250 g/mol. The standard InChI is InChI=1S/C15H26N2O/c1-10-7-11(2)13(14(18-6)12(10)3)8-17-9-15(4,5)16/h7,17H,8-9,16H2,1-6H3. The van der Waals surface area contributed by atoms with Gasteiger partial charge in [-0.3, -0.25) is 0 Å². The van der Waals surface area contributed by atoms with Gasteiger partial charge in [0.15, 0.2) is 0 Å². The average Bonchev–Trinajstić information content (AvgIpc) is 2.24. The van der Waals surface area contributed by atoms with Crippen LogP contribution in [0.1, 0.15) is 36.1 Å². The van der Waals surface area contributed by atoms with Gasteiger partial charge in [0.1, 0.15) is 5.75 Å². The molecule has 0 bridgehead atoms. The number of benzene rings is 1. The van der Waals surface area contributed by atoms with Crippen molar-refractivity contribution in [2.75, 3.05) is 13.7 Å². The number of hydrogen-bond donors (Lipinski definition) is 2. The van der Waals surface area contributed by atoms with Gasteiger partial charge in [0, 0.05) is 24.2 Å². The lowest BCUT2D eigenvalue weighted by molar-refractivity contribution is 0.400. The summed E-state index contributed by atoms with van der Waals surface area (Å²) >= 11 is 0. The number of nitrogens with two attached hydrogens (primary N) is 1. The van der Waals surface area contributed by atoms with Gasteiger partial charge in [-0.15, -0.1) is 0 Å². The van der Waals surface area contributed by atoms with Crippen molar-refractivity contribution >= 4 is 0 Å². The van der Waals surface area contributed by atoms with E-state index in [4.69, 9.17) is 10.5 Å². The van der Waals surface area contributed by atoms with E-state index in [1.54, 1.807) is 7.11 Å². The Kier molecular flexibility index (Phi) is 4.77. The van der Waals surface area contributed by atoms with Crippen LogP contribution in [0.2, 0.25) is 0 Å². The molecule has 3 N–H and O–H groups in total. The molecule has 18 heavy (non-hydrogen) atoms.